The molecule has 1 aromatic heterocycles. The summed E-state index contributed by atoms with van der Waals surface area (Å²) in [5.74, 6) is 0.164. The first-order valence-electron chi connectivity index (χ1n) is 7.16. The van der Waals surface area contributed by atoms with Gasteiger partial charge in [0, 0.05) is 13.1 Å². The molecule has 0 atom stereocenters. The van der Waals surface area contributed by atoms with E-state index in [1.807, 2.05) is 17.0 Å². The molecule has 4 rings (SSSR count). The molecule has 5 heteroatoms. The Balaban J connectivity index is 1.64. The number of benzene rings is 2. The highest BCUT2D eigenvalue weighted by molar-refractivity contribution is 7.20. The van der Waals surface area contributed by atoms with Crippen LogP contribution in [0.4, 0.5) is 0 Å². The van der Waals surface area contributed by atoms with Crippen molar-refractivity contribution >= 4 is 27.5 Å². The average molecular weight is 310 g/mol. The van der Waals surface area contributed by atoms with Gasteiger partial charge in [0.25, 0.3) is 5.91 Å². The molecule has 1 N–H and O–H groups in total. The second kappa shape index (κ2) is 5.10. The molecule has 0 bridgehead atoms. The van der Waals surface area contributed by atoms with Crippen LogP contribution in [0.25, 0.3) is 10.2 Å². The highest BCUT2D eigenvalue weighted by atomic mass is 32.1. The lowest BCUT2D eigenvalue weighted by Gasteiger charge is -2.28. The number of aromatic hydroxyl groups is 1. The number of amides is 1. The smallest absolute Gasteiger partial charge is 0.283 e. The Morgan fingerprint density at radius 3 is 2.86 bits per heavy atom. The fourth-order valence-electron chi connectivity index (χ4n) is 2.81. The molecule has 1 amide bonds. The van der Waals surface area contributed by atoms with Crippen molar-refractivity contribution in [3.05, 3.63) is 58.6 Å². The number of aromatic nitrogens is 1. The van der Waals surface area contributed by atoms with E-state index in [9.17, 15) is 9.90 Å². The Labute approximate surface area is 131 Å². The summed E-state index contributed by atoms with van der Waals surface area (Å²) in [7, 11) is 0. The number of phenolic OH excluding ortho intramolecular Hbond substituents is 1. The maximum Gasteiger partial charge on any atom is 0.283 e. The summed E-state index contributed by atoms with van der Waals surface area (Å²) in [6.07, 6.45) is 0.883. The van der Waals surface area contributed by atoms with Gasteiger partial charge in [0.15, 0.2) is 5.01 Å². The molecule has 0 saturated carbocycles. The Morgan fingerprint density at radius 1 is 1.18 bits per heavy atom. The first-order chi connectivity index (χ1) is 10.7. The molecule has 2 heterocycles. The zero-order valence-electron chi connectivity index (χ0n) is 11.8. The molecule has 0 unspecified atom stereocenters. The van der Waals surface area contributed by atoms with Crippen LogP contribution in [0, 0.1) is 0 Å². The zero-order chi connectivity index (χ0) is 15.1. The molecule has 0 radical (unpaired) electrons. The molecule has 4 nitrogen and oxygen atoms in total. The van der Waals surface area contributed by atoms with Crippen LogP contribution in [0.15, 0.2) is 42.5 Å². The van der Waals surface area contributed by atoms with Crippen molar-refractivity contribution in [2.24, 2.45) is 0 Å². The SMILES string of the molecule is O=C(c1nc2ccc(O)cc2s1)N1CCc2ccccc2C1. The van der Waals surface area contributed by atoms with Crippen molar-refractivity contribution in [1.29, 1.82) is 0 Å². The summed E-state index contributed by atoms with van der Waals surface area (Å²) in [5, 5.41) is 10.0. The van der Waals surface area contributed by atoms with Gasteiger partial charge in [-0.1, -0.05) is 24.3 Å². The molecule has 2 aromatic carbocycles. The topological polar surface area (TPSA) is 53.4 Å². The van der Waals surface area contributed by atoms with E-state index >= 15 is 0 Å². The largest absolute Gasteiger partial charge is 0.508 e. The maximum atomic E-state index is 12.7. The minimum absolute atomic E-state index is 0.0322. The van der Waals surface area contributed by atoms with Gasteiger partial charge < -0.3 is 10.0 Å². The van der Waals surface area contributed by atoms with Gasteiger partial charge in [-0.05, 0) is 35.7 Å². The van der Waals surface area contributed by atoms with Crippen LogP contribution in [0.1, 0.15) is 20.9 Å². The summed E-state index contributed by atoms with van der Waals surface area (Å²) in [6, 6.07) is 13.2. The van der Waals surface area contributed by atoms with Crippen molar-refractivity contribution in [3.63, 3.8) is 0 Å². The number of hydrogen-bond acceptors (Lipinski definition) is 4. The van der Waals surface area contributed by atoms with E-state index in [0.717, 1.165) is 23.2 Å². The summed E-state index contributed by atoms with van der Waals surface area (Å²) in [6.45, 7) is 1.35. The van der Waals surface area contributed by atoms with Gasteiger partial charge >= 0.3 is 0 Å². The quantitative estimate of drug-likeness (QED) is 0.751. The van der Waals surface area contributed by atoms with Gasteiger partial charge in [-0.2, -0.15) is 0 Å². The first-order valence-corrected chi connectivity index (χ1v) is 7.98. The predicted molar refractivity (Wildman–Crippen MR) is 86.2 cm³/mol. The molecule has 0 aliphatic carbocycles. The average Bonchev–Trinajstić information content (AvgIpc) is 2.96. The van der Waals surface area contributed by atoms with Crippen molar-refractivity contribution < 1.29 is 9.90 Å². The molecule has 0 saturated heterocycles. The fourth-order valence-corrected chi connectivity index (χ4v) is 3.78. The van der Waals surface area contributed by atoms with E-state index in [-0.39, 0.29) is 11.7 Å². The van der Waals surface area contributed by atoms with Gasteiger partial charge in [0.2, 0.25) is 0 Å². The lowest BCUT2D eigenvalue weighted by molar-refractivity contribution is 0.0734. The lowest BCUT2D eigenvalue weighted by atomic mass is 10.00. The van der Waals surface area contributed by atoms with Crippen molar-refractivity contribution in [2.45, 2.75) is 13.0 Å². The number of hydrogen-bond donors (Lipinski definition) is 1. The third-order valence-electron chi connectivity index (χ3n) is 3.97. The third-order valence-corrected chi connectivity index (χ3v) is 4.98. The van der Waals surface area contributed by atoms with Crippen molar-refractivity contribution in [2.75, 3.05) is 6.54 Å². The molecule has 0 fully saturated rings. The van der Waals surface area contributed by atoms with E-state index < -0.39 is 0 Å². The molecular weight excluding hydrogens is 296 g/mol. The Bertz CT molecular complexity index is 872. The second-order valence-corrected chi connectivity index (χ2v) is 6.45. The number of rotatable bonds is 1. The second-order valence-electron chi connectivity index (χ2n) is 5.42. The van der Waals surface area contributed by atoms with Crippen LogP contribution in [0.5, 0.6) is 5.75 Å². The molecular formula is C17H14N2O2S. The predicted octanol–water partition coefficient (Wildman–Crippen LogP) is 3.20. The third kappa shape index (κ3) is 2.23. The number of carbonyl (C=O) groups excluding carboxylic acids is 1. The van der Waals surface area contributed by atoms with Gasteiger partial charge in [-0.25, -0.2) is 4.98 Å². The molecule has 1 aliphatic rings. The van der Waals surface area contributed by atoms with Crippen LogP contribution >= 0.6 is 11.3 Å². The van der Waals surface area contributed by atoms with E-state index in [2.05, 4.69) is 17.1 Å². The highest BCUT2D eigenvalue weighted by Gasteiger charge is 2.24. The van der Waals surface area contributed by atoms with E-state index in [0.29, 0.717) is 11.6 Å². The van der Waals surface area contributed by atoms with E-state index in [1.165, 1.54) is 22.5 Å². The zero-order valence-corrected chi connectivity index (χ0v) is 12.6. The fraction of sp³-hybridized carbons (Fsp3) is 0.176. The highest BCUT2D eigenvalue weighted by Crippen LogP contribution is 2.28. The minimum atomic E-state index is -0.0322. The molecule has 110 valence electrons. The van der Waals surface area contributed by atoms with Crippen molar-refractivity contribution in [1.82, 2.24) is 9.88 Å². The number of thiazole rings is 1. The monoisotopic (exact) mass is 310 g/mol. The van der Waals surface area contributed by atoms with Crippen LogP contribution in [-0.4, -0.2) is 27.4 Å². The standard InChI is InChI=1S/C17H14N2O2S/c20-13-5-6-14-15(9-13)22-16(18-14)17(21)19-8-7-11-3-1-2-4-12(11)10-19/h1-6,9,20H,7-8,10H2. The molecule has 0 spiro atoms. The van der Waals surface area contributed by atoms with Gasteiger partial charge in [0.05, 0.1) is 10.2 Å². The summed E-state index contributed by atoms with van der Waals surface area (Å²) in [5.41, 5.74) is 3.28. The number of fused-ring (bicyclic) bond motifs is 2. The van der Waals surface area contributed by atoms with Crippen LogP contribution in [-0.2, 0) is 13.0 Å². The number of nitrogens with zero attached hydrogens (tertiary/aromatic N) is 2. The number of carbonyl (C=O) groups is 1. The summed E-state index contributed by atoms with van der Waals surface area (Å²) < 4.78 is 0.834. The molecule has 1 aliphatic heterocycles. The van der Waals surface area contributed by atoms with Crippen molar-refractivity contribution in [3.8, 4) is 5.75 Å². The first kappa shape index (κ1) is 13.3. The van der Waals surface area contributed by atoms with Crippen LogP contribution < -0.4 is 0 Å². The minimum Gasteiger partial charge on any atom is -0.508 e. The van der Waals surface area contributed by atoms with Crippen LogP contribution in [0.3, 0.4) is 0 Å². The lowest BCUT2D eigenvalue weighted by Crippen LogP contribution is -2.35. The van der Waals surface area contributed by atoms with Crippen LogP contribution in [0.2, 0.25) is 0 Å². The maximum absolute atomic E-state index is 12.7. The van der Waals surface area contributed by atoms with E-state index in [1.54, 1.807) is 18.2 Å². The van der Waals surface area contributed by atoms with E-state index in [4.69, 9.17) is 0 Å². The van der Waals surface area contributed by atoms with Gasteiger partial charge in [-0.15, -0.1) is 11.3 Å². The van der Waals surface area contributed by atoms with Gasteiger partial charge in [0.1, 0.15) is 5.75 Å². The Morgan fingerprint density at radius 2 is 2.00 bits per heavy atom. The number of phenols is 1. The Hall–Kier alpha value is -2.40. The summed E-state index contributed by atoms with van der Waals surface area (Å²) in [4.78, 5) is 18.9. The summed E-state index contributed by atoms with van der Waals surface area (Å²) >= 11 is 1.33. The molecule has 3 aromatic rings. The molecule has 22 heavy (non-hydrogen) atoms. The normalized spacial score (nSPS) is 14.1. The van der Waals surface area contributed by atoms with Gasteiger partial charge in [-0.3, -0.25) is 4.79 Å². The Kier molecular flexibility index (Phi) is 3.08.